The maximum absolute atomic E-state index is 12.0. The Hall–Kier alpha value is -1.47. The molecule has 98 valence electrons. The molecule has 0 aliphatic heterocycles. The largest absolute Gasteiger partial charge is 0.478 e. The molecular weight excluding hydrogens is 298 g/mol. The number of carbonyl (C=O) groups is 2. The summed E-state index contributed by atoms with van der Waals surface area (Å²) in [6.07, 6.45) is -5.10. The minimum atomic E-state index is -5.10. The molecule has 0 spiro atoms. The van der Waals surface area contributed by atoms with E-state index < -0.39 is 33.8 Å². The van der Waals surface area contributed by atoms with Crippen LogP contribution < -0.4 is 5.32 Å². The monoisotopic (exact) mass is 301 g/mol. The number of carbonyl (C=O) groups excluding carboxylic acids is 1. The molecule has 0 radical (unpaired) electrons. The van der Waals surface area contributed by atoms with Gasteiger partial charge >= 0.3 is 18.1 Å². The van der Waals surface area contributed by atoms with E-state index in [0.717, 1.165) is 12.1 Å². The van der Waals surface area contributed by atoms with Gasteiger partial charge in [0, 0.05) is 0 Å². The number of carboxylic acids is 1. The van der Waals surface area contributed by atoms with Gasteiger partial charge in [0.25, 0.3) is 0 Å². The Labute approximate surface area is 108 Å². The number of hydrogen-bond acceptors (Lipinski definition) is 2. The van der Waals surface area contributed by atoms with Crippen molar-refractivity contribution in [3.05, 3.63) is 27.7 Å². The van der Waals surface area contributed by atoms with Gasteiger partial charge in [0.05, 0.1) is 21.3 Å². The molecule has 1 rings (SSSR count). The van der Waals surface area contributed by atoms with E-state index in [9.17, 15) is 22.8 Å². The van der Waals surface area contributed by atoms with Crippen LogP contribution in [0.5, 0.6) is 0 Å². The summed E-state index contributed by atoms with van der Waals surface area (Å²) >= 11 is 11.1. The molecule has 0 aliphatic rings. The molecule has 4 nitrogen and oxygen atoms in total. The van der Waals surface area contributed by atoms with Gasteiger partial charge in [-0.2, -0.15) is 13.2 Å². The van der Waals surface area contributed by atoms with Crippen LogP contribution >= 0.6 is 23.2 Å². The van der Waals surface area contributed by atoms with E-state index in [2.05, 4.69) is 0 Å². The summed E-state index contributed by atoms with van der Waals surface area (Å²) in [6, 6.07) is 1.75. The van der Waals surface area contributed by atoms with Gasteiger partial charge in [-0.05, 0) is 12.1 Å². The van der Waals surface area contributed by atoms with Crippen molar-refractivity contribution in [2.75, 3.05) is 5.32 Å². The molecule has 2 N–H and O–H groups in total. The second kappa shape index (κ2) is 5.03. The van der Waals surface area contributed by atoms with Crippen molar-refractivity contribution in [1.82, 2.24) is 0 Å². The predicted molar refractivity (Wildman–Crippen MR) is 58.1 cm³/mol. The smallest absolute Gasteiger partial charge is 0.471 e. The molecule has 9 heteroatoms. The molecule has 0 aliphatic carbocycles. The highest BCUT2D eigenvalue weighted by molar-refractivity contribution is 6.40. The Morgan fingerprint density at radius 1 is 1.17 bits per heavy atom. The molecule has 0 saturated carbocycles. The fraction of sp³-hybridized carbons (Fsp3) is 0.111. The highest BCUT2D eigenvalue weighted by atomic mass is 35.5. The quantitative estimate of drug-likeness (QED) is 0.881. The number of rotatable bonds is 2. The fourth-order valence-electron chi connectivity index (χ4n) is 1.00. The molecule has 18 heavy (non-hydrogen) atoms. The van der Waals surface area contributed by atoms with E-state index in [1.54, 1.807) is 0 Å². The Balaban J connectivity index is 3.12. The third-order valence-corrected chi connectivity index (χ3v) is 2.38. The Morgan fingerprint density at radius 3 is 1.94 bits per heavy atom. The number of halogens is 5. The molecule has 0 fully saturated rings. The summed E-state index contributed by atoms with van der Waals surface area (Å²) in [4.78, 5) is 21.3. The maximum Gasteiger partial charge on any atom is 0.471 e. The summed E-state index contributed by atoms with van der Waals surface area (Å²) in [5, 5.41) is 9.30. The van der Waals surface area contributed by atoms with Gasteiger partial charge in [-0.3, -0.25) is 4.79 Å². The second-order valence-electron chi connectivity index (χ2n) is 3.07. The van der Waals surface area contributed by atoms with Gasteiger partial charge in [0.2, 0.25) is 0 Å². The van der Waals surface area contributed by atoms with Gasteiger partial charge < -0.3 is 10.4 Å². The van der Waals surface area contributed by atoms with Crippen LogP contribution in [0.1, 0.15) is 10.4 Å². The van der Waals surface area contributed by atoms with Gasteiger partial charge in [-0.1, -0.05) is 23.2 Å². The molecule has 0 atom stereocenters. The highest BCUT2D eigenvalue weighted by Gasteiger charge is 2.39. The summed E-state index contributed by atoms with van der Waals surface area (Å²) in [5.74, 6) is -3.61. The van der Waals surface area contributed by atoms with Crippen LogP contribution in [-0.4, -0.2) is 23.2 Å². The Kier molecular flexibility index (Phi) is 4.08. The lowest BCUT2D eigenvalue weighted by atomic mass is 10.2. The summed E-state index contributed by atoms with van der Waals surface area (Å²) in [6.45, 7) is 0. The minimum Gasteiger partial charge on any atom is -0.478 e. The predicted octanol–water partition coefficient (Wildman–Crippen LogP) is 3.19. The SMILES string of the molecule is O=C(O)c1cc(Cl)c(NC(=O)C(F)(F)F)c(Cl)c1. The standard InChI is InChI=1S/C9H4Cl2F3NO3/c10-4-1-3(7(16)17)2-5(11)6(4)15-8(18)9(12,13)14/h1-2H,(H,15,18)(H,16,17). The van der Waals surface area contributed by atoms with Gasteiger partial charge in [-0.25, -0.2) is 4.79 Å². The molecule has 0 aromatic heterocycles. The summed E-state index contributed by atoms with van der Waals surface area (Å²) in [5.41, 5.74) is -0.805. The fourth-order valence-corrected chi connectivity index (χ4v) is 1.58. The number of carboxylic acid groups (broad SMARTS) is 1. The number of anilines is 1. The zero-order valence-electron chi connectivity index (χ0n) is 8.31. The van der Waals surface area contributed by atoms with E-state index in [4.69, 9.17) is 28.3 Å². The number of benzene rings is 1. The van der Waals surface area contributed by atoms with Crippen LogP contribution in [0.3, 0.4) is 0 Å². The molecule has 1 aromatic rings. The van der Waals surface area contributed by atoms with Crippen LogP contribution in [0.2, 0.25) is 10.0 Å². The third kappa shape index (κ3) is 3.27. The topological polar surface area (TPSA) is 66.4 Å². The van der Waals surface area contributed by atoms with Crippen LogP contribution in [0.4, 0.5) is 18.9 Å². The van der Waals surface area contributed by atoms with Gasteiger partial charge in [0.15, 0.2) is 0 Å². The second-order valence-corrected chi connectivity index (χ2v) is 3.89. The average molecular weight is 302 g/mol. The lowest BCUT2D eigenvalue weighted by molar-refractivity contribution is -0.167. The zero-order valence-corrected chi connectivity index (χ0v) is 9.82. The van der Waals surface area contributed by atoms with Crippen LogP contribution in [-0.2, 0) is 4.79 Å². The van der Waals surface area contributed by atoms with Crippen molar-refractivity contribution in [1.29, 1.82) is 0 Å². The first-order valence-corrected chi connectivity index (χ1v) is 4.99. The highest BCUT2D eigenvalue weighted by Crippen LogP contribution is 2.33. The van der Waals surface area contributed by atoms with Crippen molar-refractivity contribution in [2.24, 2.45) is 0 Å². The van der Waals surface area contributed by atoms with Crippen molar-refractivity contribution < 1.29 is 27.9 Å². The molecule has 1 amide bonds. The molecule has 0 saturated heterocycles. The normalized spacial score (nSPS) is 11.2. The van der Waals surface area contributed by atoms with Crippen molar-refractivity contribution in [2.45, 2.75) is 6.18 Å². The Bertz CT molecular complexity index is 493. The number of alkyl halides is 3. The summed E-state index contributed by atoms with van der Waals surface area (Å²) < 4.78 is 36.0. The van der Waals surface area contributed by atoms with Crippen LogP contribution in [0.25, 0.3) is 0 Å². The van der Waals surface area contributed by atoms with Crippen LogP contribution in [0.15, 0.2) is 12.1 Å². The lowest BCUT2D eigenvalue weighted by Gasteiger charge is -2.11. The average Bonchev–Trinajstić information content (AvgIpc) is 2.21. The molecule has 1 aromatic carbocycles. The molecule has 0 heterocycles. The number of amides is 1. The van der Waals surface area contributed by atoms with Crippen LogP contribution in [0, 0.1) is 0 Å². The van der Waals surface area contributed by atoms with E-state index in [0.29, 0.717) is 0 Å². The van der Waals surface area contributed by atoms with E-state index in [-0.39, 0.29) is 5.56 Å². The van der Waals surface area contributed by atoms with Gasteiger partial charge in [0.1, 0.15) is 0 Å². The molecule has 0 bridgehead atoms. The zero-order chi connectivity index (χ0) is 14.1. The first-order chi connectivity index (χ1) is 8.12. The van der Waals surface area contributed by atoms with E-state index >= 15 is 0 Å². The summed E-state index contributed by atoms with van der Waals surface area (Å²) in [7, 11) is 0. The third-order valence-electron chi connectivity index (χ3n) is 1.79. The van der Waals surface area contributed by atoms with Crippen molar-refractivity contribution >= 4 is 40.8 Å². The number of aromatic carboxylic acids is 1. The van der Waals surface area contributed by atoms with Crippen molar-refractivity contribution in [3.8, 4) is 0 Å². The maximum atomic E-state index is 12.0. The molecule has 0 unspecified atom stereocenters. The first-order valence-electron chi connectivity index (χ1n) is 4.23. The Morgan fingerprint density at radius 2 is 1.61 bits per heavy atom. The van der Waals surface area contributed by atoms with Gasteiger partial charge in [-0.15, -0.1) is 0 Å². The van der Waals surface area contributed by atoms with E-state index in [1.807, 2.05) is 0 Å². The minimum absolute atomic E-state index is 0.310. The lowest BCUT2D eigenvalue weighted by Crippen LogP contribution is -2.30. The van der Waals surface area contributed by atoms with Crippen molar-refractivity contribution in [3.63, 3.8) is 0 Å². The first kappa shape index (κ1) is 14.6. The number of nitrogens with one attached hydrogen (secondary N) is 1. The number of hydrogen-bond donors (Lipinski definition) is 2. The van der Waals surface area contributed by atoms with E-state index in [1.165, 1.54) is 5.32 Å². The molecular formula is C9H4Cl2F3NO3.